The van der Waals surface area contributed by atoms with Crippen molar-refractivity contribution in [3.8, 4) is 11.3 Å². The topological polar surface area (TPSA) is 75.7 Å². The van der Waals surface area contributed by atoms with Crippen LogP contribution in [0.4, 0.5) is 19.0 Å². The van der Waals surface area contributed by atoms with Crippen molar-refractivity contribution in [3.63, 3.8) is 0 Å². The second kappa shape index (κ2) is 9.09. The molecule has 0 aliphatic carbocycles. The van der Waals surface area contributed by atoms with Gasteiger partial charge in [-0.2, -0.15) is 18.2 Å². The summed E-state index contributed by atoms with van der Waals surface area (Å²) in [7, 11) is 0. The lowest BCUT2D eigenvalue weighted by Gasteiger charge is -2.40. The summed E-state index contributed by atoms with van der Waals surface area (Å²) in [6.45, 7) is 3.00. The molecule has 35 heavy (non-hydrogen) atoms. The summed E-state index contributed by atoms with van der Waals surface area (Å²) in [6, 6.07) is 11.6. The second-order valence-corrected chi connectivity index (χ2v) is 8.73. The standard InChI is InChI=1S/C25H24F3N5O2/c1-16-6-5-11-32(19(16)15-30-20-10-9-18(14-29-20)25(26,27)28)23(34)22-21(17-7-3-2-4-8-17)31-24-33(22)12-13-35-24/h2-4,7-10,12-14,16,19H,5-6,11,15H2,1H3,(H,29,30)/t16-,19-/m1/s1. The number of rotatable bonds is 5. The summed E-state index contributed by atoms with van der Waals surface area (Å²) in [5.74, 6) is 0.676. The molecule has 7 nitrogen and oxygen atoms in total. The highest BCUT2D eigenvalue weighted by Gasteiger charge is 2.36. The van der Waals surface area contributed by atoms with Crippen molar-refractivity contribution >= 4 is 17.6 Å². The third-order valence-corrected chi connectivity index (χ3v) is 6.47. The van der Waals surface area contributed by atoms with Crippen LogP contribution in [0, 0.1) is 5.92 Å². The minimum Gasteiger partial charge on any atom is -0.432 e. The number of fused-ring (bicyclic) bond motifs is 1. The summed E-state index contributed by atoms with van der Waals surface area (Å²) in [5, 5.41) is 3.12. The Bertz CT molecular complexity index is 1310. The first-order valence-electron chi connectivity index (χ1n) is 11.4. The van der Waals surface area contributed by atoms with E-state index in [9.17, 15) is 18.0 Å². The van der Waals surface area contributed by atoms with E-state index in [-0.39, 0.29) is 17.9 Å². The minimum atomic E-state index is -4.44. The Morgan fingerprint density at radius 3 is 2.71 bits per heavy atom. The van der Waals surface area contributed by atoms with Crippen molar-refractivity contribution in [3.05, 3.63) is 72.4 Å². The maximum atomic E-state index is 13.9. The van der Waals surface area contributed by atoms with Crippen molar-refractivity contribution < 1.29 is 22.4 Å². The van der Waals surface area contributed by atoms with Crippen LogP contribution in [0.3, 0.4) is 0 Å². The quantitative estimate of drug-likeness (QED) is 0.414. The molecule has 3 aromatic heterocycles. The Balaban J connectivity index is 1.42. The number of anilines is 1. The Hall–Kier alpha value is -3.82. The number of aromatic nitrogens is 3. The van der Waals surface area contributed by atoms with Gasteiger partial charge in [-0.1, -0.05) is 37.3 Å². The molecule has 0 saturated carbocycles. The Kier molecular flexibility index (Phi) is 5.96. The number of pyridine rings is 1. The molecule has 2 atom stereocenters. The van der Waals surface area contributed by atoms with E-state index in [0.717, 1.165) is 30.7 Å². The van der Waals surface area contributed by atoms with E-state index < -0.39 is 11.7 Å². The SMILES string of the molecule is C[C@@H]1CCCN(C(=O)c2c(-c3ccccc3)nc3occn23)[C@@H]1CNc1ccc(C(F)(F)F)cn1. The van der Waals surface area contributed by atoms with Gasteiger partial charge in [-0.15, -0.1) is 0 Å². The molecule has 1 aliphatic rings. The van der Waals surface area contributed by atoms with Crippen LogP contribution in [-0.4, -0.2) is 44.3 Å². The number of halogens is 3. The molecule has 10 heteroatoms. The van der Waals surface area contributed by atoms with Crippen LogP contribution in [-0.2, 0) is 6.18 Å². The Morgan fingerprint density at radius 1 is 1.20 bits per heavy atom. The van der Waals surface area contributed by atoms with Gasteiger partial charge in [-0.05, 0) is 30.9 Å². The number of carbonyl (C=O) groups is 1. The summed E-state index contributed by atoms with van der Waals surface area (Å²) in [5.41, 5.74) is 0.976. The van der Waals surface area contributed by atoms with Crippen LogP contribution in [0.25, 0.3) is 17.1 Å². The monoisotopic (exact) mass is 483 g/mol. The first-order valence-corrected chi connectivity index (χ1v) is 11.4. The van der Waals surface area contributed by atoms with Crippen molar-refractivity contribution in [1.29, 1.82) is 0 Å². The fourth-order valence-corrected chi connectivity index (χ4v) is 4.61. The lowest BCUT2D eigenvalue weighted by Crippen LogP contribution is -2.51. The highest BCUT2D eigenvalue weighted by molar-refractivity contribution is 5.99. The van der Waals surface area contributed by atoms with Crippen LogP contribution in [0.5, 0.6) is 0 Å². The van der Waals surface area contributed by atoms with Crippen molar-refractivity contribution in [1.82, 2.24) is 19.3 Å². The normalized spacial score (nSPS) is 18.7. The number of hydrogen-bond donors (Lipinski definition) is 1. The van der Waals surface area contributed by atoms with Crippen molar-refractivity contribution in [2.75, 3.05) is 18.4 Å². The number of alkyl halides is 3. The van der Waals surface area contributed by atoms with Gasteiger partial charge in [-0.25, -0.2) is 4.98 Å². The molecule has 1 N–H and O–H groups in total. The average molecular weight is 483 g/mol. The van der Waals surface area contributed by atoms with E-state index >= 15 is 0 Å². The zero-order valence-electron chi connectivity index (χ0n) is 19.0. The number of likely N-dealkylation sites (tertiary alicyclic amines) is 1. The van der Waals surface area contributed by atoms with Crippen molar-refractivity contribution in [2.45, 2.75) is 32.0 Å². The molecular weight excluding hydrogens is 459 g/mol. The van der Waals surface area contributed by atoms with Crippen LogP contribution >= 0.6 is 0 Å². The lowest BCUT2D eigenvalue weighted by molar-refractivity contribution is -0.137. The molecule has 182 valence electrons. The summed E-state index contributed by atoms with van der Waals surface area (Å²) >= 11 is 0. The fourth-order valence-electron chi connectivity index (χ4n) is 4.61. The largest absolute Gasteiger partial charge is 0.432 e. The average Bonchev–Trinajstić information content (AvgIpc) is 3.44. The number of hydrogen-bond acceptors (Lipinski definition) is 5. The maximum Gasteiger partial charge on any atom is 0.417 e. The minimum absolute atomic E-state index is 0.170. The lowest BCUT2D eigenvalue weighted by atomic mass is 9.90. The van der Waals surface area contributed by atoms with E-state index in [2.05, 4.69) is 22.2 Å². The number of imidazole rings is 1. The molecule has 1 aliphatic heterocycles. The van der Waals surface area contributed by atoms with Crippen LogP contribution in [0.2, 0.25) is 0 Å². The fraction of sp³-hybridized carbons (Fsp3) is 0.320. The van der Waals surface area contributed by atoms with Gasteiger partial charge in [0, 0.05) is 31.0 Å². The molecule has 0 unspecified atom stereocenters. The van der Waals surface area contributed by atoms with Gasteiger partial charge in [0.25, 0.3) is 5.91 Å². The molecule has 1 fully saturated rings. The van der Waals surface area contributed by atoms with Crippen LogP contribution in [0.1, 0.15) is 35.8 Å². The number of piperidine rings is 1. The van der Waals surface area contributed by atoms with Crippen LogP contribution in [0.15, 0.2) is 65.5 Å². The zero-order chi connectivity index (χ0) is 24.6. The molecule has 5 rings (SSSR count). The highest BCUT2D eigenvalue weighted by atomic mass is 19.4. The number of nitrogens with one attached hydrogen (secondary N) is 1. The highest BCUT2D eigenvalue weighted by Crippen LogP contribution is 2.31. The first kappa shape index (κ1) is 22.9. The zero-order valence-corrected chi connectivity index (χ0v) is 19.0. The number of benzene rings is 1. The van der Waals surface area contributed by atoms with E-state index in [1.807, 2.05) is 35.2 Å². The van der Waals surface area contributed by atoms with Gasteiger partial charge in [0.05, 0.1) is 11.6 Å². The smallest absolute Gasteiger partial charge is 0.417 e. The maximum absolute atomic E-state index is 13.9. The predicted molar refractivity (Wildman–Crippen MR) is 124 cm³/mol. The van der Waals surface area contributed by atoms with Gasteiger partial charge in [0.2, 0.25) is 0 Å². The van der Waals surface area contributed by atoms with Gasteiger partial charge in [0.1, 0.15) is 23.5 Å². The molecule has 4 heterocycles. The Labute approximate surface area is 199 Å². The van der Waals surface area contributed by atoms with Crippen LogP contribution < -0.4 is 5.32 Å². The molecule has 0 radical (unpaired) electrons. The number of carbonyl (C=O) groups excluding carboxylic acids is 1. The van der Waals surface area contributed by atoms with Gasteiger partial charge >= 0.3 is 12.0 Å². The number of amides is 1. The van der Waals surface area contributed by atoms with E-state index in [1.54, 1.807) is 10.6 Å². The summed E-state index contributed by atoms with van der Waals surface area (Å²) < 4.78 is 45.7. The first-order chi connectivity index (χ1) is 16.8. The predicted octanol–water partition coefficient (Wildman–Crippen LogP) is 5.36. The molecule has 1 amide bonds. The van der Waals surface area contributed by atoms with Gasteiger partial charge < -0.3 is 14.6 Å². The third kappa shape index (κ3) is 4.48. The molecule has 1 saturated heterocycles. The van der Waals surface area contributed by atoms with Crippen molar-refractivity contribution in [2.24, 2.45) is 5.92 Å². The second-order valence-electron chi connectivity index (χ2n) is 8.73. The molecule has 0 spiro atoms. The van der Waals surface area contributed by atoms with Gasteiger partial charge in [0.15, 0.2) is 0 Å². The third-order valence-electron chi connectivity index (χ3n) is 6.47. The van der Waals surface area contributed by atoms with E-state index in [4.69, 9.17) is 4.42 Å². The number of nitrogens with zero attached hydrogens (tertiary/aromatic N) is 4. The molecule has 1 aromatic carbocycles. The molecule has 4 aromatic rings. The van der Waals surface area contributed by atoms with Gasteiger partial charge in [-0.3, -0.25) is 9.20 Å². The van der Waals surface area contributed by atoms with E-state index in [1.165, 1.54) is 12.3 Å². The molecular formula is C25H24F3N5O2. The van der Waals surface area contributed by atoms with E-state index in [0.29, 0.717) is 36.1 Å². The molecule has 0 bridgehead atoms. The summed E-state index contributed by atoms with van der Waals surface area (Å²) in [6.07, 6.45) is 1.33. The summed E-state index contributed by atoms with van der Waals surface area (Å²) in [4.78, 5) is 24.2. The number of oxazole rings is 1. The Morgan fingerprint density at radius 2 is 2.00 bits per heavy atom.